The first-order valence-electron chi connectivity index (χ1n) is 6.71. The molecule has 8 heteroatoms. The van der Waals surface area contributed by atoms with E-state index in [4.69, 9.17) is 11.6 Å². The number of hydrogen-bond acceptors (Lipinski definition) is 4. The molecule has 1 N–H and O–H groups in total. The van der Waals surface area contributed by atoms with E-state index in [1.165, 1.54) is 28.6 Å². The van der Waals surface area contributed by atoms with Gasteiger partial charge in [-0.25, -0.2) is 18.1 Å². The maximum Gasteiger partial charge on any atom is 0.260 e. The highest BCUT2D eigenvalue weighted by molar-refractivity contribution is 7.89. The number of aromatic nitrogens is 2. The van der Waals surface area contributed by atoms with Gasteiger partial charge in [0.1, 0.15) is 0 Å². The molecule has 110 valence electrons. The van der Waals surface area contributed by atoms with E-state index in [0.29, 0.717) is 4.96 Å². The normalized spacial score (nSPS) is 18.4. The lowest BCUT2D eigenvalue weighted by atomic mass is 10.1. The van der Waals surface area contributed by atoms with Crippen LogP contribution in [0.1, 0.15) is 38.5 Å². The number of thiazole rings is 1. The lowest BCUT2D eigenvalue weighted by molar-refractivity contribution is 0.507. The Labute approximate surface area is 127 Å². The first-order valence-corrected chi connectivity index (χ1v) is 9.45. The second kappa shape index (κ2) is 5.63. The Kier molecular flexibility index (Phi) is 4.03. The van der Waals surface area contributed by atoms with E-state index in [1.807, 2.05) is 0 Å². The summed E-state index contributed by atoms with van der Waals surface area (Å²) in [6.45, 7) is 0. The third-order valence-corrected chi connectivity index (χ3v) is 6.29. The van der Waals surface area contributed by atoms with Crippen LogP contribution in [0, 0.1) is 0 Å². The summed E-state index contributed by atoms with van der Waals surface area (Å²) in [4.78, 5) is 4.67. The SMILES string of the molecule is O=S(=O)(NC1CCCCCC1)c1c(Cl)nc2sccn12. The van der Waals surface area contributed by atoms with Crippen LogP contribution < -0.4 is 4.72 Å². The number of hydrogen-bond donors (Lipinski definition) is 1. The zero-order chi connectivity index (χ0) is 14.2. The van der Waals surface area contributed by atoms with Gasteiger partial charge in [-0.3, -0.25) is 4.40 Å². The Morgan fingerprint density at radius 1 is 1.30 bits per heavy atom. The van der Waals surface area contributed by atoms with Crippen molar-refractivity contribution in [3.05, 3.63) is 16.7 Å². The van der Waals surface area contributed by atoms with Crippen molar-refractivity contribution in [3.63, 3.8) is 0 Å². The van der Waals surface area contributed by atoms with Gasteiger partial charge in [-0.05, 0) is 12.8 Å². The third-order valence-electron chi connectivity index (χ3n) is 3.61. The van der Waals surface area contributed by atoms with Crippen molar-refractivity contribution in [1.82, 2.24) is 14.1 Å². The van der Waals surface area contributed by atoms with E-state index in [1.54, 1.807) is 11.6 Å². The van der Waals surface area contributed by atoms with Crippen molar-refractivity contribution < 1.29 is 8.42 Å². The molecule has 1 aliphatic carbocycles. The van der Waals surface area contributed by atoms with Crippen molar-refractivity contribution in [2.45, 2.75) is 49.6 Å². The molecule has 2 aromatic heterocycles. The van der Waals surface area contributed by atoms with Gasteiger partial charge in [-0.15, -0.1) is 11.3 Å². The Morgan fingerprint density at radius 2 is 2.00 bits per heavy atom. The predicted octanol–water partition coefficient (Wildman–Crippen LogP) is 3.05. The van der Waals surface area contributed by atoms with Gasteiger partial charge >= 0.3 is 0 Å². The van der Waals surface area contributed by atoms with Gasteiger partial charge in [0.15, 0.2) is 15.1 Å². The Morgan fingerprint density at radius 3 is 2.70 bits per heavy atom. The summed E-state index contributed by atoms with van der Waals surface area (Å²) in [5.74, 6) is 0. The van der Waals surface area contributed by atoms with Crippen LogP contribution >= 0.6 is 22.9 Å². The molecule has 1 aliphatic rings. The summed E-state index contributed by atoms with van der Waals surface area (Å²) in [5.41, 5.74) is 0. The maximum absolute atomic E-state index is 12.6. The molecule has 20 heavy (non-hydrogen) atoms. The fourth-order valence-electron chi connectivity index (χ4n) is 2.65. The van der Waals surface area contributed by atoms with Gasteiger partial charge in [-0.1, -0.05) is 37.3 Å². The monoisotopic (exact) mass is 333 g/mol. The van der Waals surface area contributed by atoms with Crippen molar-refractivity contribution in [3.8, 4) is 0 Å². The molecule has 0 radical (unpaired) electrons. The summed E-state index contributed by atoms with van der Waals surface area (Å²) in [6.07, 6.45) is 7.97. The molecule has 2 heterocycles. The van der Waals surface area contributed by atoms with Crippen LogP contribution in [0.15, 0.2) is 16.6 Å². The predicted molar refractivity (Wildman–Crippen MR) is 79.9 cm³/mol. The highest BCUT2D eigenvalue weighted by atomic mass is 35.5. The van der Waals surface area contributed by atoms with Crippen LogP contribution in [0.4, 0.5) is 0 Å². The van der Waals surface area contributed by atoms with E-state index in [9.17, 15) is 8.42 Å². The molecule has 0 saturated heterocycles. The molecule has 1 fully saturated rings. The average Bonchev–Trinajstić information content (AvgIpc) is 2.81. The second-order valence-corrected chi connectivity index (χ2v) is 7.93. The summed E-state index contributed by atoms with van der Waals surface area (Å²) < 4.78 is 29.4. The van der Waals surface area contributed by atoms with Crippen LogP contribution in [0.25, 0.3) is 4.96 Å². The first kappa shape index (κ1) is 14.3. The lowest BCUT2D eigenvalue weighted by Crippen LogP contribution is -2.35. The largest absolute Gasteiger partial charge is 0.279 e. The summed E-state index contributed by atoms with van der Waals surface area (Å²) in [6, 6.07) is 0.00255. The summed E-state index contributed by atoms with van der Waals surface area (Å²) in [5, 5.41) is 1.89. The number of nitrogens with one attached hydrogen (secondary N) is 1. The zero-order valence-electron chi connectivity index (χ0n) is 10.9. The second-order valence-electron chi connectivity index (χ2n) is 5.07. The zero-order valence-corrected chi connectivity index (χ0v) is 13.3. The first-order chi connectivity index (χ1) is 9.58. The minimum absolute atomic E-state index is 0.00255. The van der Waals surface area contributed by atoms with E-state index < -0.39 is 10.0 Å². The quantitative estimate of drug-likeness (QED) is 0.878. The molecule has 0 bridgehead atoms. The lowest BCUT2D eigenvalue weighted by Gasteiger charge is -2.15. The number of nitrogens with zero attached hydrogens (tertiary/aromatic N) is 2. The van der Waals surface area contributed by atoms with E-state index in [-0.39, 0.29) is 16.2 Å². The van der Waals surface area contributed by atoms with Crippen LogP contribution in [0.5, 0.6) is 0 Å². The molecule has 0 aliphatic heterocycles. The molecular weight excluding hydrogens is 318 g/mol. The van der Waals surface area contributed by atoms with Gasteiger partial charge in [0, 0.05) is 17.6 Å². The number of sulfonamides is 1. The van der Waals surface area contributed by atoms with Crippen molar-refractivity contribution in [1.29, 1.82) is 0 Å². The fourth-order valence-corrected chi connectivity index (χ4v) is 5.41. The Bertz CT molecular complexity index is 699. The molecule has 1 saturated carbocycles. The molecule has 0 unspecified atom stereocenters. The average molecular weight is 334 g/mol. The molecule has 3 rings (SSSR count). The number of fused-ring (bicyclic) bond motifs is 1. The van der Waals surface area contributed by atoms with Crippen LogP contribution in [-0.2, 0) is 10.0 Å². The van der Waals surface area contributed by atoms with Crippen molar-refractivity contribution in [2.24, 2.45) is 0 Å². The highest BCUT2D eigenvalue weighted by Crippen LogP contribution is 2.26. The highest BCUT2D eigenvalue weighted by Gasteiger charge is 2.28. The van der Waals surface area contributed by atoms with Crippen molar-refractivity contribution in [2.75, 3.05) is 0 Å². The minimum Gasteiger partial charge on any atom is -0.279 e. The van der Waals surface area contributed by atoms with Crippen molar-refractivity contribution >= 4 is 37.9 Å². The number of rotatable bonds is 3. The molecule has 0 spiro atoms. The van der Waals surface area contributed by atoms with Gasteiger partial charge < -0.3 is 0 Å². The molecular formula is C12H16ClN3O2S2. The van der Waals surface area contributed by atoms with Crippen LogP contribution in [0.2, 0.25) is 5.15 Å². The summed E-state index contributed by atoms with van der Waals surface area (Å²) in [7, 11) is -3.63. The maximum atomic E-state index is 12.6. The number of imidazole rings is 1. The molecule has 0 amide bonds. The molecule has 2 aromatic rings. The van der Waals surface area contributed by atoms with Crippen LogP contribution in [0.3, 0.4) is 0 Å². The van der Waals surface area contributed by atoms with Gasteiger partial charge in [-0.2, -0.15) is 0 Å². The van der Waals surface area contributed by atoms with Gasteiger partial charge in [0.25, 0.3) is 10.0 Å². The van der Waals surface area contributed by atoms with E-state index in [0.717, 1.165) is 25.7 Å². The number of halogens is 1. The minimum atomic E-state index is -3.63. The standard InChI is InChI=1S/C12H16ClN3O2S2/c13-10-11(16-7-8-19-12(16)14-10)20(17,18)15-9-5-3-1-2-4-6-9/h7-9,15H,1-6H2. The van der Waals surface area contributed by atoms with E-state index >= 15 is 0 Å². The smallest absolute Gasteiger partial charge is 0.260 e. The van der Waals surface area contributed by atoms with Crippen LogP contribution in [-0.4, -0.2) is 23.8 Å². The summed E-state index contributed by atoms with van der Waals surface area (Å²) >= 11 is 7.36. The Hall–Kier alpha value is -0.630. The topological polar surface area (TPSA) is 63.5 Å². The Balaban J connectivity index is 1.91. The van der Waals surface area contributed by atoms with Gasteiger partial charge in [0.05, 0.1) is 0 Å². The van der Waals surface area contributed by atoms with Gasteiger partial charge in [0.2, 0.25) is 0 Å². The molecule has 5 nitrogen and oxygen atoms in total. The molecule has 0 atom stereocenters. The third kappa shape index (κ3) is 2.72. The fraction of sp³-hybridized carbons (Fsp3) is 0.583. The van der Waals surface area contributed by atoms with E-state index in [2.05, 4.69) is 9.71 Å². The molecule has 0 aromatic carbocycles.